The summed E-state index contributed by atoms with van der Waals surface area (Å²) in [6.45, 7) is 3.05. The summed E-state index contributed by atoms with van der Waals surface area (Å²) in [5, 5.41) is 7.42. The van der Waals surface area contributed by atoms with E-state index in [9.17, 15) is 4.21 Å². The van der Waals surface area contributed by atoms with Crippen LogP contribution in [0.2, 0.25) is 0 Å². The standard InChI is InChI=1S/C16H31N3OS2/c1-3-22(20)15-6-4-5-14(11-15)19-16(17-2)18-12-13-7-9-21-10-8-13/h13-15H,3-12H2,1-2H3,(H2,17,18,19). The smallest absolute Gasteiger partial charge is 0.191 e. The molecule has 0 aromatic heterocycles. The molecule has 1 saturated heterocycles. The largest absolute Gasteiger partial charge is 0.356 e. The van der Waals surface area contributed by atoms with Crippen LogP contribution < -0.4 is 10.6 Å². The third-order valence-electron chi connectivity index (χ3n) is 4.75. The Balaban J connectivity index is 1.75. The van der Waals surface area contributed by atoms with Crippen LogP contribution in [0, 0.1) is 5.92 Å². The van der Waals surface area contributed by atoms with Gasteiger partial charge < -0.3 is 10.6 Å². The van der Waals surface area contributed by atoms with E-state index >= 15 is 0 Å². The Labute approximate surface area is 142 Å². The molecule has 4 nitrogen and oxygen atoms in total. The van der Waals surface area contributed by atoms with E-state index in [0.29, 0.717) is 11.3 Å². The first-order valence-corrected chi connectivity index (χ1v) is 11.2. The predicted octanol–water partition coefficient (Wildman–Crippen LogP) is 2.37. The van der Waals surface area contributed by atoms with E-state index in [4.69, 9.17) is 0 Å². The normalized spacial score (nSPS) is 29.1. The number of rotatable bonds is 5. The van der Waals surface area contributed by atoms with Gasteiger partial charge >= 0.3 is 0 Å². The first-order chi connectivity index (χ1) is 10.7. The molecule has 0 bridgehead atoms. The maximum atomic E-state index is 12.0. The van der Waals surface area contributed by atoms with Gasteiger partial charge in [0, 0.05) is 41.4 Å². The van der Waals surface area contributed by atoms with Crippen LogP contribution >= 0.6 is 11.8 Å². The second kappa shape index (κ2) is 9.81. The lowest BCUT2D eigenvalue weighted by atomic mass is 9.95. The maximum Gasteiger partial charge on any atom is 0.191 e. The number of thioether (sulfide) groups is 1. The number of nitrogens with zero attached hydrogens (tertiary/aromatic N) is 1. The summed E-state index contributed by atoms with van der Waals surface area (Å²) in [4.78, 5) is 4.37. The quantitative estimate of drug-likeness (QED) is 0.593. The molecular formula is C16H31N3OS2. The first-order valence-electron chi connectivity index (χ1n) is 8.65. The van der Waals surface area contributed by atoms with E-state index in [1.54, 1.807) is 0 Å². The van der Waals surface area contributed by atoms with E-state index in [-0.39, 0.29) is 0 Å². The van der Waals surface area contributed by atoms with Crippen LogP contribution in [0.4, 0.5) is 0 Å². The highest BCUT2D eigenvalue weighted by Crippen LogP contribution is 2.23. The van der Waals surface area contributed by atoms with Gasteiger partial charge in [-0.2, -0.15) is 11.8 Å². The molecule has 22 heavy (non-hydrogen) atoms. The molecule has 0 spiro atoms. The molecule has 2 aliphatic rings. The van der Waals surface area contributed by atoms with Crippen molar-refractivity contribution < 1.29 is 4.21 Å². The highest BCUT2D eigenvalue weighted by Gasteiger charge is 2.26. The Bertz CT molecular complexity index is 384. The van der Waals surface area contributed by atoms with Crippen LogP contribution in [0.5, 0.6) is 0 Å². The highest BCUT2D eigenvalue weighted by atomic mass is 32.2. The Morgan fingerprint density at radius 2 is 2.05 bits per heavy atom. The second-order valence-corrected chi connectivity index (χ2v) is 9.54. The summed E-state index contributed by atoms with van der Waals surface area (Å²) < 4.78 is 12.0. The van der Waals surface area contributed by atoms with Crippen molar-refractivity contribution >= 4 is 28.5 Å². The summed E-state index contributed by atoms with van der Waals surface area (Å²) >= 11 is 2.07. The van der Waals surface area contributed by atoms with Gasteiger partial charge in [0.15, 0.2) is 5.96 Å². The number of nitrogens with one attached hydrogen (secondary N) is 2. The monoisotopic (exact) mass is 345 g/mol. The number of hydrogen-bond acceptors (Lipinski definition) is 3. The zero-order valence-electron chi connectivity index (χ0n) is 14.0. The molecule has 128 valence electrons. The van der Waals surface area contributed by atoms with Crippen molar-refractivity contribution in [2.45, 2.75) is 56.7 Å². The fraction of sp³-hybridized carbons (Fsp3) is 0.938. The van der Waals surface area contributed by atoms with E-state index < -0.39 is 10.8 Å². The molecule has 1 aliphatic heterocycles. The molecular weight excluding hydrogens is 314 g/mol. The Morgan fingerprint density at radius 3 is 2.73 bits per heavy atom. The van der Waals surface area contributed by atoms with Crippen molar-refractivity contribution in [1.29, 1.82) is 0 Å². The molecule has 0 aromatic rings. The van der Waals surface area contributed by atoms with Crippen LogP contribution in [0.3, 0.4) is 0 Å². The van der Waals surface area contributed by atoms with Crippen molar-refractivity contribution in [3.8, 4) is 0 Å². The van der Waals surface area contributed by atoms with Gasteiger partial charge in [-0.05, 0) is 49.5 Å². The molecule has 3 unspecified atom stereocenters. The second-order valence-electron chi connectivity index (χ2n) is 6.31. The molecule has 1 aliphatic carbocycles. The minimum Gasteiger partial charge on any atom is -0.356 e. The van der Waals surface area contributed by atoms with Crippen molar-refractivity contribution in [2.24, 2.45) is 10.9 Å². The maximum absolute atomic E-state index is 12.0. The zero-order valence-corrected chi connectivity index (χ0v) is 15.6. The van der Waals surface area contributed by atoms with E-state index in [1.165, 1.54) is 30.8 Å². The van der Waals surface area contributed by atoms with Gasteiger partial charge in [0.05, 0.1) is 0 Å². The molecule has 2 N–H and O–H groups in total. The number of hydrogen-bond donors (Lipinski definition) is 2. The summed E-state index contributed by atoms with van der Waals surface area (Å²) in [6, 6.07) is 0.419. The molecule has 0 amide bonds. The molecule has 6 heteroatoms. The van der Waals surface area contributed by atoms with Crippen LogP contribution in [-0.2, 0) is 10.8 Å². The average molecular weight is 346 g/mol. The van der Waals surface area contributed by atoms with Gasteiger partial charge in [-0.3, -0.25) is 9.20 Å². The molecule has 3 atom stereocenters. The first kappa shape index (κ1) is 18.1. The summed E-state index contributed by atoms with van der Waals surface area (Å²) in [5.41, 5.74) is 0. The molecule has 0 radical (unpaired) electrons. The lowest BCUT2D eigenvalue weighted by molar-refractivity contribution is 0.410. The van der Waals surface area contributed by atoms with Crippen molar-refractivity contribution in [1.82, 2.24) is 10.6 Å². The van der Waals surface area contributed by atoms with Crippen molar-refractivity contribution in [2.75, 3.05) is 30.9 Å². The Morgan fingerprint density at radius 1 is 1.27 bits per heavy atom. The van der Waals surface area contributed by atoms with Gasteiger partial charge in [-0.1, -0.05) is 13.3 Å². The van der Waals surface area contributed by atoms with Gasteiger partial charge in [-0.15, -0.1) is 0 Å². The third-order valence-corrected chi connectivity index (χ3v) is 7.54. The van der Waals surface area contributed by atoms with Gasteiger partial charge in [0.25, 0.3) is 0 Å². The highest BCUT2D eigenvalue weighted by molar-refractivity contribution is 7.99. The van der Waals surface area contributed by atoms with E-state index in [1.807, 2.05) is 14.0 Å². The van der Waals surface area contributed by atoms with Crippen LogP contribution in [-0.4, -0.2) is 52.3 Å². The van der Waals surface area contributed by atoms with Crippen molar-refractivity contribution in [3.63, 3.8) is 0 Å². The van der Waals surface area contributed by atoms with Gasteiger partial charge in [0.1, 0.15) is 0 Å². The zero-order chi connectivity index (χ0) is 15.8. The van der Waals surface area contributed by atoms with Gasteiger partial charge in [0.2, 0.25) is 0 Å². The van der Waals surface area contributed by atoms with Crippen LogP contribution in [0.1, 0.15) is 45.4 Å². The predicted molar refractivity (Wildman–Crippen MR) is 99.3 cm³/mol. The molecule has 2 fully saturated rings. The topological polar surface area (TPSA) is 53.5 Å². The molecule has 1 heterocycles. The number of aliphatic imine (C=N–C) groups is 1. The van der Waals surface area contributed by atoms with Crippen LogP contribution in [0.15, 0.2) is 4.99 Å². The van der Waals surface area contributed by atoms with Crippen molar-refractivity contribution in [3.05, 3.63) is 0 Å². The number of guanidine groups is 1. The molecule has 1 saturated carbocycles. The Hall–Kier alpha value is -0.230. The molecule has 2 rings (SSSR count). The summed E-state index contributed by atoms with van der Waals surface area (Å²) in [6.07, 6.45) is 7.10. The minimum absolute atomic E-state index is 0.365. The van der Waals surface area contributed by atoms with E-state index in [2.05, 4.69) is 27.4 Å². The fourth-order valence-electron chi connectivity index (χ4n) is 3.33. The molecule has 0 aromatic carbocycles. The summed E-state index contributed by atoms with van der Waals surface area (Å²) in [7, 11) is 1.18. The Kier molecular flexibility index (Phi) is 8.08. The fourth-order valence-corrected chi connectivity index (χ4v) is 5.88. The minimum atomic E-state index is -0.661. The third kappa shape index (κ3) is 5.76. The van der Waals surface area contributed by atoms with Gasteiger partial charge in [-0.25, -0.2) is 0 Å². The summed E-state index contributed by atoms with van der Waals surface area (Å²) in [5.74, 6) is 5.08. The van der Waals surface area contributed by atoms with E-state index in [0.717, 1.165) is 43.4 Å². The lowest BCUT2D eigenvalue weighted by Crippen LogP contribution is -2.47. The van der Waals surface area contributed by atoms with Crippen LogP contribution in [0.25, 0.3) is 0 Å². The average Bonchev–Trinajstić information content (AvgIpc) is 2.59. The SMILES string of the molecule is CCS(=O)C1CCCC(NC(=NC)NCC2CCSCC2)C1. The lowest BCUT2D eigenvalue weighted by Gasteiger charge is -2.30.